The molecule has 0 atom stereocenters. The molecule has 0 unspecified atom stereocenters. The van der Waals surface area contributed by atoms with Gasteiger partial charge in [0.05, 0.1) is 13.5 Å². The Morgan fingerprint density at radius 3 is 2.27 bits per heavy atom. The Hall–Kier alpha value is -1.93. The first-order chi connectivity index (χ1) is 12.4. The summed E-state index contributed by atoms with van der Waals surface area (Å²) < 4.78 is 2.26. The zero-order chi connectivity index (χ0) is 18.9. The summed E-state index contributed by atoms with van der Waals surface area (Å²) >= 11 is 0. The van der Waals surface area contributed by atoms with Gasteiger partial charge < -0.3 is 0 Å². The molecule has 0 saturated carbocycles. The molecule has 0 aliphatic carbocycles. The first-order valence-electron chi connectivity index (χ1n) is 9.93. The van der Waals surface area contributed by atoms with Gasteiger partial charge in [0.25, 0.3) is 0 Å². The Labute approximate surface area is 159 Å². The van der Waals surface area contributed by atoms with E-state index in [2.05, 4.69) is 101 Å². The van der Waals surface area contributed by atoms with Gasteiger partial charge in [0.2, 0.25) is 5.69 Å². The van der Waals surface area contributed by atoms with Crippen molar-refractivity contribution in [3.8, 4) is 11.3 Å². The molecular formula is C24H32NSi+. The lowest BCUT2D eigenvalue weighted by Gasteiger charge is -2.34. The summed E-state index contributed by atoms with van der Waals surface area (Å²) in [5, 5.41) is 4.35. The van der Waals surface area contributed by atoms with Gasteiger partial charge in [-0.3, -0.25) is 0 Å². The molecule has 2 heteroatoms. The third-order valence-corrected chi connectivity index (χ3v) is 12.7. The molecule has 0 spiro atoms. The molecule has 0 amide bonds. The summed E-state index contributed by atoms with van der Waals surface area (Å²) in [5.74, 6) is 0. The molecule has 0 aliphatic heterocycles. The van der Waals surface area contributed by atoms with Crippen molar-refractivity contribution in [3.63, 3.8) is 0 Å². The van der Waals surface area contributed by atoms with E-state index in [1.54, 1.807) is 5.19 Å². The van der Waals surface area contributed by atoms with E-state index in [1.165, 1.54) is 39.7 Å². The molecule has 0 fully saturated rings. The molecule has 1 nitrogen and oxygen atoms in total. The topological polar surface area (TPSA) is 3.88 Å². The predicted molar refractivity (Wildman–Crippen MR) is 117 cm³/mol. The Bertz CT molecular complexity index is 923. The second-order valence-electron chi connectivity index (χ2n) is 7.91. The molecule has 0 aliphatic rings. The van der Waals surface area contributed by atoms with Crippen LogP contribution in [0, 0.1) is 6.92 Å². The lowest BCUT2D eigenvalue weighted by Crippen LogP contribution is -2.49. The fraction of sp³-hybridized carbons (Fsp3) is 0.375. The summed E-state index contributed by atoms with van der Waals surface area (Å²) in [7, 11) is 0.711. The van der Waals surface area contributed by atoms with Crippen LogP contribution in [0.3, 0.4) is 0 Å². The lowest BCUT2D eigenvalue weighted by molar-refractivity contribution is -0.659. The first-order valence-corrected chi connectivity index (χ1v) is 12.4. The molecular weight excluding hydrogens is 330 g/mol. The monoisotopic (exact) mass is 362 g/mol. The van der Waals surface area contributed by atoms with Crippen molar-refractivity contribution in [2.45, 2.75) is 52.2 Å². The molecule has 1 aromatic heterocycles. The average molecular weight is 363 g/mol. The van der Waals surface area contributed by atoms with Crippen LogP contribution in [0.5, 0.6) is 0 Å². The van der Waals surface area contributed by atoms with Crippen molar-refractivity contribution in [1.82, 2.24) is 0 Å². The van der Waals surface area contributed by atoms with Gasteiger partial charge in [-0.25, -0.2) is 4.57 Å². The minimum atomic E-state index is -1.44. The smallest absolute Gasteiger partial charge is 0.200 e. The number of pyridine rings is 1. The van der Waals surface area contributed by atoms with Crippen LogP contribution < -0.4 is 9.75 Å². The van der Waals surface area contributed by atoms with Crippen LogP contribution in [0.15, 0.2) is 54.7 Å². The highest BCUT2D eigenvalue weighted by molar-refractivity contribution is 6.92. The van der Waals surface area contributed by atoms with Crippen LogP contribution in [0.1, 0.15) is 33.3 Å². The number of benzene rings is 2. The van der Waals surface area contributed by atoms with E-state index in [0.717, 1.165) is 5.54 Å². The van der Waals surface area contributed by atoms with E-state index in [0.29, 0.717) is 0 Å². The highest BCUT2D eigenvalue weighted by Crippen LogP contribution is 2.32. The number of hydrogen-bond acceptors (Lipinski definition) is 0. The molecule has 3 rings (SSSR count). The van der Waals surface area contributed by atoms with Gasteiger partial charge in [-0.15, -0.1) is 0 Å². The van der Waals surface area contributed by atoms with Crippen molar-refractivity contribution in [1.29, 1.82) is 0 Å². The summed E-state index contributed by atoms with van der Waals surface area (Å²) in [5.41, 5.74) is 4.74. The third-order valence-electron chi connectivity index (χ3n) is 6.48. The fourth-order valence-electron chi connectivity index (χ4n) is 4.66. The van der Waals surface area contributed by atoms with Crippen LogP contribution in [0.2, 0.25) is 17.6 Å². The van der Waals surface area contributed by atoms with E-state index in [-0.39, 0.29) is 0 Å². The van der Waals surface area contributed by atoms with Crippen molar-refractivity contribution in [2.75, 3.05) is 0 Å². The van der Waals surface area contributed by atoms with Gasteiger partial charge in [-0.1, -0.05) is 75.3 Å². The molecule has 0 radical (unpaired) electrons. The maximum absolute atomic E-state index is 2.50. The Morgan fingerprint density at radius 2 is 1.65 bits per heavy atom. The number of hydrogen-bond donors (Lipinski definition) is 0. The number of rotatable bonds is 5. The Kier molecular flexibility index (Phi) is 5.33. The van der Waals surface area contributed by atoms with Gasteiger partial charge in [-0.05, 0) is 35.5 Å². The minimum Gasteiger partial charge on any atom is -0.200 e. The molecule has 2 aromatic carbocycles. The van der Waals surface area contributed by atoms with Crippen molar-refractivity contribution in [2.24, 2.45) is 7.05 Å². The Balaban J connectivity index is 2.26. The van der Waals surface area contributed by atoms with E-state index in [9.17, 15) is 0 Å². The normalized spacial score (nSPS) is 12.1. The molecule has 0 N–H and O–H groups in total. The summed E-state index contributed by atoms with van der Waals surface area (Å²) in [6.07, 6.45) is 2.21. The highest BCUT2D eigenvalue weighted by Gasteiger charge is 2.35. The third kappa shape index (κ3) is 3.01. The van der Waals surface area contributed by atoms with Crippen molar-refractivity contribution in [3.05, 3.63) is 60.3 Å². The standard InChI is InChI=1S/C24H32NSi/c1-7-26(8-2,18(3)4)21-13-14-23-20(17-21)15-16-25(6)24(23)22-12-10-9-11-19(22)5/h9-18H,7-8H2,1-6H3/q+1. The summed E-state index contributed by atoms with van der Waals surface area (Å²) in [6.45, 7) is 11.8. The maximum Gasteiger partial charge on any atom is 0.220 e. The molecule has 0 bridgehead atoms. The van der Waals surface area contributed by atoms with Crippen molar-refractivity contribution < 1.29 is 4.57 Å². The van der Waals surface area contributed by atoms with E-state index >= 15 is 0 Å². The molecule has 3 aromatic rings. The predicted octanol–water partition coefficient (Wildman–Crippen LogP) is 5.75. The van der Waals surface area contributed by atoms with Crippen LogP contribution in [0.4, 0.5) is 0 Å². The maximum atomic E-state index is 2.50. The van der Waals surface area contributed by atoms with Gasteiger partial charge in [0, 0.05) is 11.6 Å². The molecule has 136 valence electrons. The SMILES string of the molecule is CC[Si](CC)(c1ccc2c(-c3ccccc3C)[n+](C)ccc2c1)C(C)C. The molecule has 1 heterocycles. The summed E-state index contributed by atoms with van der Waals surface area (Å²) in [4.78, 5) is 0. The minimum absolute atomic E-state index is 0.769. The van der Waals surface area contributed by atoms with Gasteiger partial charge >= 0.3 is 0 Å². The number of aryl methyl sites for hydroxylation is 2. The molecule has 0 saturated heterocycles. The summed E-state index contributed by atoms with van der Waals surface area (Å²) in [6, 6.07) is 20.9. The zero-order valence-corrected chi connectivity index (χ0v) is 18.1. The second-order valence-corrected chi connectivity index (χ2v) is 13.4. The average Bonchev–Trinajstić information content (AvgIpc) is 2.64. The highest BCUT2D eigenvalue weighted by atomic mass is 28.3. The first kappa shape index (κ1) is 18.8. The lowest BCUT2D eigenvalue weighted by atomic mass is 10.00. The fourth-order valence-corrected chi connectivity index (χ4v) is 9.14. The van der Waals surface area contributed by atoms with E-state index < -0.39 is 8.07 Å². The zero-order valence-electron chi connectivity index (χ0n) is 17.1. The van der Waals surface area contributed by atoms with Gasteiger partial charge in [0.15, 0.2) is 6.20 Å². The van der Waals surface area contributed by atoms with Crippen LogP contribution >= 0.6 is 0 Å². The molecule has 26 heavy (non-hydrogen) atoms. The number of nitrogens with zero attached hydrogens (tertiary/aromatic N) is 1. The van der Waals surface area contributed by atoms with Gasteiger partial charge in [0.1, 0.15) is 7.05 Å². The Morgan fingerprint density at radius 1 is 0.962 bits per heavy atom. The van der Waals surface area contributed by atoms with Gasteiger partial charge in [-0.2, -0.15) is 0 Å². The van der Waals surface area contributed by atoms with Crippen LogP contribution in [-0.4, -0.2) is 8.07 Å². The van der Waals surface area contributed by atoms with E-state index in [4.69, 9.17) is 0 Å². The number of aromatic nitrogens is 1. The second kappa shape index (κ2) is 7.36. The number of fused-ring (bicyclic) bond motifs is 1. The van der Waals surface area contributed by atoms with Crippen LogP contribution in [-0.2, 0) is 7.05 Å². The van der Waals surface area contributed by atoms with Crippen molar-refractivity contribution >= 4 is 24.0 Å². The quantitative estimate of drug-likeness (QED) is 0.402. The van der Waals surface area contributed by atoms with E-state index in [1.807, 2.05) is 0 Å². The van der Waals surface area contributed by atoms with Crippen LogP contribution in [0.25, 0.3) is 22.0 Å². The largest absolute Gasteiger partial charge is 0.220 e.